The summed E-state index contributed by atoms with van der Waals surface area (Å²) in [4.78, 5) is 74.9. The Balaban J connectivity index is 0.850. The summed E-state index contributed by atoms with van der Waals surface area (Å²) in [5.41, 5.74) is 6.06. The minimum atomic E-state index is -1.17. The fourth-order valence-corrected chi connectivity index (χ4v) is 9.24. The van der Waals surface area contributed by atoms with Gasteiger partial charge in [-0.05, 0) is 81.3 Å². The van der Waals surface area contributed by atoms with Gasteiger partial charge < -0.3 is 15.4 Å². The number of primary amides is 1. The number of aromatic nitrogens is 2. The monoisotopic (exact) mass is 811 g/mol. The minimum absolute atomic E-state index is 0.00440. The molecule has 2 aromatic carbocycles. The van der Waals surface area contributed by atoms with Gasteiger partial charge in [-0.3, -0.25) is 43.6 Å². The average Bonchev–Trinajstić information content (AvgIpc) is 3.46. The molecule has 58 heavy (non-hydrogen) atoms. The highest BCUT2D eigenvalue weighted by atomic mass is 35.5. The molecule has 4 fully saturated rings. The second kappa shape index (κ2) is 16.4. The molecule has 5 aliphatic rings. The normalized spacial score (nSPS) is 23.6. The molecule has 2 N–H and O–H groups in total. The van der Waals surface area contributed by atoms with Crippen molar-refractivity contribution in [2.45, 2.75) is 82.1 Å². The highest BCUT2D eigenvalue weighted by Gasteiger charge is 2.49. The van der Waals surface area contributed by atoms with Crippen LogP contribution in [0.4, 0.5) is 10.2 Å². The number of piperazine rings is 1. The third-order valence-electron chi connectivity index (χ3n) is 12.2. The van der Waals surface area contributed by atoms with E-state index in [1.54, 1.807) is 30.3 Å². The van der Waals surface area contributed by atoms with Crippen LogP contribution in [0.25, 0.3) is 0 Å². The summed E-state index contributed by atoms with van der Waals surface area (Å²) in [5.74, 6) is -2.28. The third kappa shape index (κ3) is 7.73. The van der Waals surface area contributed by atoms with Crippen LogP contribution in [0.1, 0.15) is 93.7 Å². The number of nitriles is 1. The van der Waals surface area contributed by atoms with Crippen molar-refractivity contribution < 1.29 is 33.1 Å². The number of piperidine rings is 2. The zero-order valence-electron chi connectivity index (χ0n) is 31.8. The molecular formula is C41H43ClFN9O6. The number of benzene rings is 2. The SMILES string of the molecule is N#Cc1ccc(OC2CCC(N3C(=O)CCC(N4C(=O)c5cc(F)c(CN6CCN(C7CCN(c8ccc(C(N)=O)nn8)CC7)CC6)cc5C4=O)C3=O)CC2)cc1Cl. The van der Waals surface area contributed by atoms with E-state index in [1.165, 1.54) is 11.0 Å². The van der Waals surface area contributed by atoms with Crippen LogP contribution < -0.4 is 15.4 Å². The van der Waals surface area contributed by atoms with Crippen molar-refractivity contribution in [3.05, 3.63) is 81.3 Å². The number of likely N-dealkylation sites (tertiary alicyclic amines) is 1. The van der Waals surface area contributed by atoms with E-state index in [4.69, 9.17) is 27.3 Å². The Bertz CT molecular complexity index is 2180. The van der Waals surface area contributed by atoms with E-state index in [9.17, 15) is 24.0 Å². The van der Waals surface area contributed by atoms with Crippen molar-refractivity contribution in [2.75, 3.05) is 44.2 Å². The molecule has 8 rings (SSSR count). The van der Waals surface area contributed by atoms with E-state index >= 15 is 4.39 Å². The molecule has 1 aliphatic carbocycles. The molecule has 15 nitrogen and oxygen atoms in total. The topological polar surface area (TPSA) is 186 Å². The Morgan fingerprint density at radius 2 is 1.55 bits per heavy atom. The highest BCUT2D eigenvalue weighted by Crippen LogP contribution is 2.35. The number of carbonyl (C=O) groups is 5. The summed E-state index contributed by atoms with van der Waals surface area (Å²) < 4.78 is 21.7. The van der Waals surface area contributed by atoms with Crippen LogP contribution in [0.15, 0.2) is 42.5 Å². The Kier molecular flexibility index (Phi) is 11.1. The van der Waals surface area contributed by atoms with Gasteiger partial charge >= 0.3 is 0 Å². The zero-order chi connectivity index (χ0) is 40.7. The predicted octanol–water partition coefficient (Wildman–Crippen LogP) is 3.53. The summed E-state index contributed by atoms with van der Waals surface area (Å²) in [6.07, 6.45) is 3.77. The number of amides is 5. The lowest BCUT2D eigenvalue weighted by Crippen LogP contribution is -2.59. The molecule has 1 unspecified atom stereocenters. The largest absolute Gasteiger partial charge is 0.490 e. The van der Waals surface area contributed by atoms with E-state index in [0.717, 1.165) is 50.0 Å². The summed E-state index contributed by atoms with van der Waals surface area (Å²) in [6.45, 7) is 4.87. The fourth-order valence-electron chi connectivity index (χ4n) is 9.03. The molecule has 1 atom stereocenters. The Morgan fingerprint density at radius 3 is 2.19 bits per heavy atom. The van der Waals surface area contributed by atoms with Gasteiger partial charge in [-0.1, -0.05) is 11.6 Å². The van der Waals surface area contributed by atoms with Crippen LogP contribution >= 0.6 is 11.6 Å². The van der Waals surface area contributed by atoms with Gasteiger partial charge in [-0.25, -0.2) is 4.39 Å². The number of nitrogens with two attached hydrogens (primary N) is 1. The van der Waals surface area contributed by atoms with E-state index in [2.05, 4.69) is 24.9 Å². The Morgan fingerprint density at radius 1 is 0.845 bits per heavy atom. The van der Waals surface area contributed by atoms with Crippen molar-refractivity contribution in [2.24, 2.45) is 5.73 Å². The molecule has 3 saturated heterocycles. The first-order valence-electron chi connectivity index (χ1n) is 19.8. The molecule has 5 amide bonds. The molecule has 302 valence electrons. The van der Waals surface area contributed by atoms with E-state index in [0.29, 0.717) is 72.5 Å². The molecule has 4 aliphatic heterocycles. The first-order valence-corrected chi connectivity index (χ1v) is 20.1. The Labute approximate surface area is 339 Å². The number of nitrogens with zero attached hydrogens (tertiary/aromatic N) is 8. The first kappa shape index (κ1) is 39.3. The summed E-state index contributed by atoms with van der Waals surface area (Å²) in [5, 5.41) is 17.5. The molecule has 0 spiro atoms. The highest BCUT2D eigenvalue weighted by molar-refractivity contribution is 6.31. The Hall–Kier alpha value is -5.50. The van der Waals surface area contributed by atoms with Crippen molar-refractivity contribution in [1.29, 1.82) is 5.26 Å². The lowest BCUT2D eigenvalue weighted by atomic mass is 9.89. The van der Waals surface area contributed by atoms with Crippen LogP contribution in [0.5, 0.6) is 5.75 Å². The lowest BCUT2D eigenvalue weighted by molar-refractivity contribution is -0.155. The van der Waals surface area contributed by atoms with Crippen molar-refractivity contribution >= 4 is 47.0 Å². The van der Waals surface area contributed by atoms with Gasteiger partial charge in [0.15, 0.2) is 11.5 Å². The molecule has 0 radical (unpaired) electrons. The number of anilines is 1. The molecule has 0 bridgehead atoms. The molecule has 3 aromatic rings. The maximum Gasteiger partial charge on any atom is 0.269 e. The van der Waals surface area contributed by atoms with Gasteiger partial charge in [0.25, 0.3) is 23.6 Å². The van der Waals surface area contributed by atoms with Gasteiger partial charge in [0.05, 0.1) is 27.8 Å². The number of ether oxygens (including phenoxy) is 1. The van der Waals surface area contributed by atoms with E-state index in [-0.39, 0.29) is 48.2 Å². The van der Waals surface area contributed by atoms with Crippen LogP contribution in [-0.4, -0.2) is 123 Å². The summed E-state index contributed by atoms with van der Waals surface area (Å²) >= 11 is 6.16. The number of fused-ring (bicyclic) bond motifs is 1. The number of hydrogen-bond donors (Lipinski definition) is 1. The number of imide groups is 2. The lowest BCUT2D eigenvalue weighted by Gasteiger charge is -2.43. The van der Waals surface area contributed by atoms with Gasteiger partial charge in [0, 0.05) is 75.9 Å². The zero-order valence-corrected chi connectivity index (χ0v) is 32.6. The molecule has 17 heteroatoms. The molecule has 5 heterocycles. The number of halogens is 2. The van der Waals surface area contributed by atoms with Crippen LogP contribution in [0.2, 0.25) is 5.02 Å². The number of carbonyl (C=O) groups excluding carboxylic acids is 5. The first-order chi connectivity index (χ1) is 28.0. The van der Waals surface area contributed by atoms with E-state index in [1.807, 2.05) is 6.07 Å². The molecule has 1 saturated carbocycles. The predicted molar refractivity (Wildman–Crippen MR) is 207 cm³/mol. The molecule has 1 aromatic heterocycles. The van der Waals surface area contributed by atoms with Gasteiger partial charge in [-0.15, -0.1) is 10.2 Å². The summed E-state index contributed by atoms with van der Waals surface area (Å²) in [7, 11) is 0. The van der Waals surface area contributed by atoms with Crippen molar-refractivity contribution in [3.8, 4) is 11.8 Å². The second-order valence-electron chi connectivity index (χ2n) is 15.6. The minimum Gasteiger partial charge on any atom is -0.490 e. The van der Waals surface area contributed by atoms with Crippen molar-refractivity contribution in [3.63, 3.8) is 0 Å². The molecular weight excluding hydrogens is 769 g/mol. The average molecular weight is 812 g/mol. The number of rotatable bonds is 9. The maximum atomic E-state index is 15.6. The summed E-state index contributed by atoms with van der Waals surface area (Å²) in [6, 6.07) is 11.6. The quantitative estimate of drug-likeness (QED) is 0.311. The van der Waals surface area contributed by atoms with Crippen LogP contribution in [-0.2, 0) is 16.1 Å². The van der Waals surface area contributed by atoms with Gasteiger partial charge in [-0.2, -0.15) is 5.26 Å². The number of hydrogen-bond acceptors (Lipinski definition) is 12. The van der Waals surface area contributed by atoms with Gasteiger partial charge in [0.1, 0.15) is 23.7 Å². The maximum absolute atomic E-state index is 15.6. The van der Waals surface area contributed by atoms with E-state index < -0.39 is 41.5 Å². The van der Waals surface area contributed by atoms with Crippen molar-refractivity contribution in [1.82, 2.24) is 29.8 Å². The fraction of sp³-hybridized carbons (Fsp3) is 0.463. The van der Waals surface area contributed by atoms with Crippen LogP contribution in [0, 0.1) is 17.1 Å². The smallest absolute Gasteiger partial charge is 0.269 e. The standard InChI is InChI=1S/C41H43ClFN9O6/c42-32-20-29(4-1-24(32)22-44)58-28-5-2-27(3-6-28)51-37(53)10-8-35(41(51)57)52-39(55)30-19-25(33(43)21-31(30)40(52)56)23-48-15-17-49(18-16-48)26-11-13-50(14-12-26)36-9-7-34(38(45)54)46-47-36/h1,4,7,9,19-21,26-28,35H,2-3,5-6,8,10-18,23H2,(H2,45,54). The second-order valence-corrected chi connectivity index (χ2v) is 16.0. The third-order valence-corrected chi connectivity index (χ3v) is 12.5. The van der Waals surface area contributed by atoms with Gasteiger partial charge in [0.2, 0.25) is 5.91 Å². The van der Waals surface area contributed by atoms with Crippen LogP contribution in [0.3, 0.4) is 0 Å².